The summed E-state index contributed by atoms with van der Waals surface area (Å²) in [4.78, 5) is 11.7. The van der Waals surface area contributed by atoms with Crippen molar-refractivity contribution in [3.05, 3.63) is 96.1 Å². The van der Waals surface area contributed by atoms with Gasteiger partial charge in [-0.15, -0.1) is 0 Å². The van der Waals surface area contributed by atoms with Crippen molar-refractivity contribution in [1.82, 2.24) is 4.31 Å². The van der Waals surface area contributed by atoms with Crippen LogP contribution in [0.5, 0.6) is 0 Å². The summed E-state index contributed by atoms with van der Waals surface area (Å²) in [7, 11) is -1.30. The van der Waals surface area contributed by atoms with Gasteiger partial charge in [0.15, 0.2) is 0 Å². The molecule has 0 fully saturated rings. The van der Waals surface area contributed by atoms with E-state index in [9.17, 15) is 13.2 Å². The van der Waals surface area contributed by atoms with Crippen LogP contribution in [0.4, 0.5) is 5.69 Å². The van der Waals surface area contributed by atoms with Crippen molar-refractivity contribution >= 4 is 31.4 Å². The van der Waals surface area contributed by atoms with Crippen LogP contribution in [0.3, 0.4) is 0 Å². The minimum Gasteiger partial charge on any atom is -0.326 e. The molecule has 0 saturated heterocycles. The second-order valence-electron chi connectivity index (χ2n) is 6.49. The fourth-order valence-corrected chi connectivity index (χ4v) is 5.77. The second-order valence-corrected chi connectivity index (χ2v) is 10.3. The Bertz CT molecular complexity index is 1010. The molecule has 0 spiro atoms. The molecule has 1 amide bonds. The highest BCUT2D eigenvalue weighted by Crippen LogP contribution is 2.36. The Morgan fingerprint density at radius 2 is 1.34 bits per heavy atom. The van der Waals surface area contributed by atoms with Crippen LogP contribution < -0.4 is 5.32 Å². The molecule has 1 N–H and O–H groups in total. The molecular formula is C22H22N2O3S2. The fourth-order valence-electron chi connectivity index (χ4n) is 2.99. The number of hydrogen-bond acceptors (Lipinski definition) is 4. The maximum Gasteiger partial charge on any atom is 0.272 e. The second kappa shape index (κ2) is 9.26. The fraction of sp³-hybridized carbons (Fsp3) is 0.136. The minimum atomic E-state index is -3.68. The van der Waals surface area contributed by atoms with Crippen LogP contribution in [0.1, 0.15) is 24.1 Å². The third kappa shape index (κ3) is 5.47. The third-order valence-corrected chi connectivity index (χ3v) is 7.83. The SMILES string of the molecule is CC(=O)Nc1ccc(SS(=O)(=O)N(C)C(c2ccccc2)c2ccccc2)cc1. The molecule has 3 aromatic rings. The number of hydrogen-bond donors (Lipinski definition) is 1. The average molecular weight is 427 g/mol. The number of anilines is 1. The number of rotatable bonds is 7. The van der Waals surface area contributed by atoms with Crippen molar-refractivity contribution in [2.45, 2.75) is 17.9 Å². The summed E-state index contributed by atoms with van der Waals surface area (Å²) >= 11 is 0. The Morgan fingerprint density at radius 1 is 0.862 bits per heavy atom. The summed E-state index contributed by atoms with van der Waals surface area (Å²) in [6.45, 7) is 1.43. The van der Waals surface area contributed by atoms with E-state index in [0.29, 0.717) is 10.6 Å². The van der Waals surface area contributed by atoms with E-state index in [1.807, 2.05) is 60.7 Å². The van der Waals surface area contributed by atoms with Crippen LogP contribution in [-0.4, -0.2) is 25.7 Å². The lowest BCUT2D eigenvalue weighted by molar-refractivity contribution is -0.114. The van der Waals surface area contributed by atoms with Crippen LogP contribution >= 0.6 is 10.8 Å². The summed E-state index contributed by atoms with van der Waals surface area (Å²) in [5.41, 5.74) is 2.41. The number of nitrogens with one attached hydrogen (secondary N) is 1. The largest absolute Gasteiger partial charge is 0.326 e. The number of carbonyl (C=O) groups excluding carboxylic acids is 1. The quantitative estimate of drug-likeness (QED) is 0.556. The maximum atomic E-state index is 13.2. The van der Waals surface area contributed by atoms with Crippen molar-refractivity contribution < 1.29 is 13.2 Å². The van der Waals surface area contributed by atoms with Gasteiger partial charge in [-0.25, -0.2) is 0 Å². The standard InChI is InChI=1S/C22H22N2O3S2/c1-17(25)23-20-13-15-21(16-14-20)28-29(26,27)24(2)22(18-9-5-3-6-10-18)19-11-7-4-8-12-19/h3-16,22H,1-2H3,(H,23,25). The first-order chi connectivity index (χ1) is 13.9. The van der Waals surface area contributed by atoms with E-state index in [1.165, 1.54) is 11.2 Å². The highest BCUT2D eigenvalue weighted by atomic mass is 33.1. The van der Waals surface area contributed by atoms with Crippen LogP contribution in [0.25, 0.3) is 0 Å². The monoisotopic (exact) mass is 426 g/mol. The molecule has 7 heteroatoms. The molecule has 0 heterocycles. The van der Waals surface area contributed by atoms with Gasteiger partial charge in [-0.2, -0.15) is 12.7 Å². The Kier molecular flexibility index (Phi) is 6.74. The summed E-state index contributed by atoms with van der Waals surface area (Å²) in [6.07, 6.45) is 0. The summed E-state index contributed by atoms with van der Waals surface area (Å²) < 4.78 is 27.7. The molecule has 0 atom stereocenters. The number of carbonyl (C=O) groups is 1. The zero-order valence-corrected chi connectivity index (χ0v) is 17.8. The van der Waals surface area contributed by atoms with Gasteiger partial charge in [-0.1, -0.05) is 60.7 Å². The molecule has 0 bridgehead atoms. The van der Waals surface area contributed by atoms with Gasteiger partial charge in [0.25, 0.3) is 9.06 Å². The molecule has 0 aromatic heterocycles. The van der Waals surface area contributed by atoms with E-state index in [-0.39, 0.29) is 5.91 Å². The van der Waals surface area contributed by atoms with Crippen LogP contribution in [0.2, 0.25) is 0 Å². The Morgan fingerprint density at radius 3 is 1.79 bits per heavy atom. The smallest absolute Gasteiger partial charge is 0.272 e. The zero-order valence-electron chi connectivity index (χ0n) is 16.1. The van der Waals surface area contributed by atoms with Gasteiger partial charge in [0.1, 0.15) is 0 Å². The molecule has 3 aromatic carbocycles. The molecule has 3 rings (SSSR count). The summed E-state index contributed by atoms with van der Waals surface area (Å²) in [5.74, 6) is -0.175. The Hall–Kier alpha value is -2.61. The van der Waals surface area contributed by atoms with Crippen molar-refractivity contribution in [3.63, 3.8) is 0 Å². The molecule has 0 radical (unpaired) electrons. The van der Waals surface area contributed by atoms with Gasteiger partial charge < -0.3 is 5.32 Å². The first-order valence-corrected chi connectivity index (χ1v) is 11.8. The van der Waals surface area contributed by atoms with Crippen molar-refractivity contribution in [2.24, 2.45) is 0 Å². The highest BCUT2D eigenvalue weighted by Gasteiger charge is 2.29. The van der Waals surface area contributed by atoms with Gasteiger partial charge in [-0.3, -0.25) is 4.79 Å². The maximum absolute atomic E-state index is 13.2. The van der Waals surface area contributed by atoms with E-state index >= 15 is 0 Å². The predicted molar refractivity (Wildman–Crippen MR) is 118 cm³/mol. The molecule has 0 aliphatic rings. The van der Waals surface area contributed by atoms with Crippen molar-refractivity contribution in [1.29, 1.82) is 0 Å². The molecule has 0 unspecified atom stereocenters. The molecule has 29 heavy (non-hydrogen) atoms. The van der Waals surface area contributed by atoms with E-state index < -0.39 is 15.1 Å². The zero-order chi connectivity index (χ0) is 20.9. The van der Waals surface area contributed by atoms with E-state index in [1.54, 1.807) is 31.3 Å². The van der Waals surface area contributed by atoms with E-state index in [2.05, 4.69) is 5.32 Å². The summed E-state index contributed by atoms with van der Waals surface area (Å²) in [5, 5.41) is 2.67. The summed E-state index contributed by atoms with van der Waals surface area (Å²) in [6, 6.07) is 25.4. The molecular weight excluding hydrogens is 404 g/mol. The lowest BCUT2D eigenvalue weighted by Gasteiger charge is -2.28. The lowest BCUT2D eigenvalue weighted by atomic mass is 9.99. The first kappa shape index (κ1) is 21.1. The van der Waals surface area contributed by atoms with Gasteiger partial charge >= 0.3 is 0 Å². The van der Waals surface area contributed by atoms with Gasteiger partial charge in [0.2, 0.25) is 5.91 Å². The molecule has 150 valence electrons. The molecule has 5 nitrogen and oxygen atoms in total. The van der Waals surface area contributed by atoms with Gasteiger partial charge in [-0.05, 0) is 35.4 Å². The van der Waals surface area contributed by atoms with Crippen LogP contribution in [-0.2, 0) is 13.8 Å². The van der Waals surface area contributed by atoms with Crippen LogP contribution in [0.15, 0.2) is 89.8 Å². The average Bonchev–Trinajstić information content (AvgIpc) is 2.71. The van der Waals surface area contributed by atoms with Crippen molar-refractivity contribution in [2.75, 3.05) is 12.4 Å². The predicted octanol–water partition coefficient (Wildman–Crippen LogP) is 4.70. The van der Waals surface area contributed by atoms with E-state index in [0.717, 1.165) is 21.9 Å². The number of benzene rings is 3. The first-order valence-electron chi connectivity index (χ1n) is 9.02. The number of nitrogens with zero attached hydrogens (tertiary/aromatic N) is 1. The number of amides is 1. The Labute approximate surface area is 175 Å². The molecule has 0 saturated carbocycles. The van der Waals surface area contributed by atoms with Gasteiger partial charge in [0.05, 0.1) is 6.04 Å². The lowest BCUT2D eigenvalue weighted by Crippen LogP contribution is -2.29. The molecule has 0 aliphatic heterocycles. The van der Waals surface area contributed by atoms with E-state index in [4.69, 9.17) is 0 Å². The minimum absolute atomic E-state index is 0.175. The van der Waals surface area contributed by atoms with Gasteiger partial charge in [0, 0.05) is 35.3 Å². The highest BCUT2D eigenvalue weighted by molar-refractivity contribution is 8.71. The normalized spacial score (nSPS) is 11.6. The Balaban J connectivity index is 1.88. The topological polar surface area (TPSA) is 66.5 Å². The molecule has 0 aliphatic carbocycles. The van der Waals surface area contributed by atoms with Crippen LogP contribution in [0, 0.1) is 0 Å². The third-order valence-electron chi connectivity index (χ3n) is 4.32. The van der Waals surface area contributed by atoms with Crippen molar-refractivity contribution in [3.8, 4) is 0 Å².